The van der Waals surface area contributed by atoms with Gasteiger partial charge in [0, 0.05) is 20.6 Å². The summed E-state index contributed by atoms with van der Waals surface area (Å²) in [5.41, 5.74) is 3.75. The molecule has 0 spiro atoms. The van der Waals surface area contributed by atoms with Gasteiger partial charge in [-0.25, -0.2) is 10.2 Å². The van der Waals surface area contributed by atoms with Crippen LogP contribution in [0.15, 0.2) is 39.0 Å². The van der Waals surface area contributed by atoms with Crippen molar-refractivity contribution in [3.63, 3.8) is 0 Å². The molecule has 0 aliphatic heterocycles. The Labute approximate surface area is 168 Å². The minimum Gasteiger partial charge on any atom is -0.497 e. The Kier molecular flexibility index (Phi) is 5.86. The topological polar surface area (TPSA) is 95.4 Å². The first-order valence-electron chi connectivity index (χ1n) is 9.42. The number of anilines is 1. The number of rotatable bonds is 7. The van der Waals surface area contributed by atoms with Crippen molar-refractivity contribution in [2.75, 3.05) is 12.5 Å². The van der Waals surface area contributed by atoms with Crippen molar-refractivity contribution < 1.29 is 4.74 Å². The fraction of sp³-hybridized carbons (Fsp3) is 0.400. The van der Waals surface area contributed by atoms with Gasteiger partial charge in [-0.05, 0) is 42.2 Å². The molecule has 0 unspecified atom stereocenters. The Morgan fingerprint density at radius 2 is 1.86 bits per heavy atom. The van der Waals surface area contributed by atoms with Gasteiger partial charge < -0.3 is 9.30 Å². The summed E-state index contributed by atoms with van der Waals surface area (Å²) >= 11 is 0. The maximum Gasteiger partial charge on any atom is 0.332 e. The molecule has 9 heteroatoms. The zero-order valence-corrected chi connectivity index (χ0v) is 17.3. The van der Waals surface area contributed by atoms with Gasteiger partial charge >= 0.3 is 5.69 Å². The van der Waals surface area contributed by atoms with E-state index in [2.05, 4.69) is 29.4 Å². The molecule has 0 radical (unpaired) electrons. The van der Waals surface area contributed by atoms with E-state index in [0.29, 0.717) is 29.6 Å². The molecular weight excluding hydrogens is 372 g/mol. The van der Waals surface area contributed by atoms with Crippen LogP contribution < -0.4 is 21.4 Å². The second-order valence-electron chi connectivity index (χ2n) is 7.29. The summed E-state index contributed by atoms with van der Waals surface area (Å²) in [5.74, 6) is 1.63. The predicted molar refractivity (Wildman–Crippen MR) is 114 cm³/mol. The molecule has 0 aliphatic rings. The van der Waals surface area contributed by atoms with Crippen molar-refractivity contribution in [3.05, 3.63) is 50.7 Å². The van der Waals surface area contributed by atoms with Crippen molar-refractivity contribution in [3.8, 4) is 5.75 Å². The first kappa shape index (κ1) is 20.4. The number of hydrogen-bond donors (Lipinski definition) is 1. The van der Waals surface area contributed by atoms with Crippen LogP contribution in [0.5, 0.6) is 5.75 Å². The molecule has 2 heterocycles. The van der Waals surface area contributed by atoms with E-state index < -0.39 is 5.69 Å². The van der Waals surface area contributed by atoms with Gasteiger partial charge in [-0.3, -0.25) is 13.9 Å². The Hall–Kier alpha value is -3.36. The zero-order valence-electron chi connectivity index (χ0n) is 17.3. The van der Waals surface area contributed by atoms with Crippen molar-refractivity contribution in [2.45, 2.75) is 26.8 Å². The lowest BCUT2D eigenvalue weighted by Gasteiger charge is -2.10. The van der Waals surface area contributed by atoms with E-state index in [1.54, 1.807) is 24.9 Å². The SMILES string of the molecule is COc1ccc(/C=N\Nc2nc3c(c(=O)n(C)c(=O)n3C)n2CCC(C)C)cc1. The molecular formula is C20H26N6O3. The number of fused-ring (bicyclic) bond motifs is 1. The fourth-order valence-electron chi connectivity index (χ4n) is 2.99. The largest absolute Gasteiger partial charge is 0.497 e. The number of aryl methyl sites for hydroxylation is 2. The number of hydrazone groups is 1. The third-order valence-electron chi connectivity index (χ3n) is 4.77. The van der Waals surface area contributed by atoms with E-state index in [1.807, 2.05) is 24.3 Å². The average Bonchev–Trinajstić information content (AvgIpc) is 3.08. The molecule has 0 saturated heterocycles. The minimum atomic E-state index is -0.413. The van der Waals surface area contributed by atoms with Crippen LogP contribution >= 0.6 is 0 Å². The van der Waals surface area contributed by atoms with Gasteiger partial charge in [0.15, 0.2) is 11.2 Å². The lowest BCUT2D eigenvalue weighted by atomic mass is 10.1. The third-order valence-corrected chi connectivity index (χ3v) is 4.77. The molecule has 0 atom stereocenters. The molecule has 0 saturated carbocycles. The number of aromatic nitrogens is 4. The van der Waals surface area contributed by atoms with Crippen LogP contribution in [0.1, 0.15) is 25.8 Å². The van der Waals surface area contributed by atoms with Gasteiger partial charge in [-0.2, -0.15) is 10.1 Å². The van der Waals surface area contributed by atoms with Crippen molar-refractivity contribution in [2.24, 2.45) is 25.1 Å². The highest BCUT2D eigenvalue weighted by atomic mass is 16.5. The van der Waals surface area contributed by atoms with E-state index in [-0.39, 0.29) is 5.56 Å². The average molecular weight is 398 g/mol. The van der Waals surface area contributed by atoms with Crippen LogP contribution in [0, 0.1) is 5.92 Å². The number of hydrogen-bond acceptors (Lipinski definition) is 6. The Balaban J connectivity index is 2.01. The first-order valence-corrected chi connectivity index (χ1v) is 9.42. The van der Waals surface area contributed by atoms with Gasteiger partial charge in [0.25, 0.3) is 5.56 Å². The molecule has 0 bridgehead atoms. The van der Waals surface area contributed by atoms with Crippen molar-refractivity contribution in [1.82, 2.24) is 18.7 Å². The standard InChI is InChI=1S/C20H26N6O3/c1-13(2)10-11-26-16-17(24(3)20(28)25(4)18(16)27)22-19(26)23-21-12-14-6-8-15(29-5)9-7-14/h6-9,12-13H,10-11H2,1-5H3,(H,22,23)/b21-12-. The Bertz CT molecular complexity index is 1150. The molecule has 0 aliphatic carbocycles. The molecule has 29 heavy (non-hydrogen) atoms. The number of benzene rings is 1. The molecule has 0 amide bonds. The second kappa shape index (κ2) is 8.34. The highest BCUT2D eigenvalue weighted by Crippen LogP contribution is 2.18. The van der Waals surface area contributed by atoms with Crippen molar-refractivity contribution >= 4 is 23.3 Å². The maximum absolute atomic E-state index is 12.7. The lowest BCUT2D eigenvalue weighted by Crippen LogP contribution is -2.37. The highest BCUT2D eigenvalue weighted by molar-refractivity contribution is 5.80. The summed E-state index contributed by atoms with van der Waals surface area (Å²) in [6, 6.07) is 7.45. The highest BCUT2D eigenvalue weighted by Gasteiger charge is 2.19. The first-order chi connectivity index (χ1) is 13.8. The van der Waals surface area contributed by atoms with Gasteiger partial charge in [0.05, 0.1) is 13.3 Å². The Morgan fingerprint density at radius 3 is 2.48 bits per heavy atom. The van der Waals surface area contributed by atoms with E-state index in [0.717, 1.165) is 22.3 Å². The molecule has 1 N–H and O–H groups in total. The van der Waals surface area contributed by atoms with E-state index in [9.17, 15) is 9.59 Å². The van der Waals surface area contributed by atoms with E-state index in [1.165, 1.54) is 11.6 Å². The second-order valence-corrected chi connectivity index (χ2v) is 7.29. The maximum atomic E-state index is 12.7. The predicted octanol–water partition coefficient (Wildman–Crippen LogP) is 1.93. The molecule has 9 nitrogen and oxygen atoms in total. The number of ether oxygens (including phenoxy) is 1. The van der Waals surface area contributed by atoms with Gasteiger partial charge in [0.1, 0.15) is 5.75 Å². The molecule has 0 fully saturated rings. The Morgan fingerprint density at radius 1 is 1.17 bits per heavy atom. The summed E-state index contributed by atoms with van der Waals surface area (Å²) in [7, 11) is 4.69. The monoisotopic (exact) mass is 398 g/mol. The quantitative estimate of drug-likeness (QED) is 0.485. The van der Waals surface area contributed by atoms with Crippen molar-refractivity contribution in [1.29, 1.82) is 0 Å². The molecule has 3 aromatic rings. The number of nitrogens with one attached hydrogen (secondary N) is 1. The molecule has 1 aromatic carbocycles. The van der Waals surface area contributed by atoms with Crippen LogP contribution in [0.4, 0.5) is 5.95 Å². The summed E-state index contributed by atoms with van der Waals surface area (Å²) in [5, 5.41) is 4.26. The molecule has 2 aromatic heterocycles. The lowest BCUT2D eigenvalue weighted by molar-refractivity contribution is 0.415. The number of imidazole rings is 1. The fourth-order valence-corrected chi connectivity index (χ4v) is 2.99. The van der Waals surface area contributed by atoms with Crippen LogP contribution in [0.25, 0.3) is 11.2 Å². The smallest absolute Gasteiger partial charge is 0.332 e. The minimum absolute atomic E-state index is 0.337. The third kappa shape index (κ3) is 4.08. The summed E-state index contributed by atoms with van der Waals surface area (Å²) in [4.78, 5) is 29.5. The van der Waals surface area contributed by atoms with Crippen LogP contribution in [-0.2, 0) is 20.6 Å². The summed E-state index contributed by atoms with van der Waals surface area (Å²) in [6.07, 6.45) is 2.51. The van der Waals surface area contributed by atoms with Crippen LogP contribution in [-0.4, -0.2) is 32.0 Å². The van der Waals surface area contributed by atoms with E-state index >= 15 is 0 Å². The number of methoxy groups -OCH3 is 1. The van der Waals surface area contributed by atoms with E-state index in [4.69, 9.17) is 4.74 Å². The van der Waals surface area contributed by atoms with Crippen LogP contribution in [0.2, 0.25) is 0 Å². The van der Waals surface area contributed by atoms with Gasteiger partial charge in [-0.15, -0.1) is 0 Å². The summed E-state index contributed by atoms with van der Waals surface area (Å²) < 4.78 is 9.41. The van der Waals surface area contributed by atoms with Gasteiger partial charge in [-0.1, -0.05) is 13.8 Å². The van der Waals surface area contributed by atoms with Gasteiger partial charge in [0.2, 0.25) is 5.95 Å². The summed E-state index contributed by atoms with van der Waals surface area (Å²) in [6.45, 7) is 4.81. The zero-order chi connectivity index (χ0) is 21.1. The molecule has 3 rings (SSSR count). The van der Waals surface area contributed by atoms with Crippen LogP contribution in [0.3, 0.4) is 0 Å². The molecule has 154 valence electrons. The number of nitrogens with zero attached hydrogens (tertiary/aromatic N) is 5. The normalized spacial score (nSPS) is 11.7.